The minimum atomic E-state index is -0.169. The second-order valence-corrected chi connectivity index (χ2v) is 13.0. The number of aromatic nitrogens is 4. The maximum atomic E-state index is 13.6. The summed E-state index contributed by atoms with van der Waals surface area (Å²) in [6, 6.07) is 10.3. The molecule has 0 aliphatic heterocycles. The Kier molecular flexibility index (Phi) is 5.98. The molecular weight excluding hydrogens is 472 g/mol. The molecule has 3 aliphatic carbocycles. The lowest BCUT2D eigenvalue weighted by molar-refractivity contribution is 0.102. The quantitative estimate of drug-likeness (QED) is 0.441. The highest BCUT2D eigenvalue weighted by molar-refractivity contribution is 6.03. The fourth-order valence-electron chi connectivity index (χ4n) is 6.97. The third-order valence-electron chi connectivity index (χ3n) is 9.46. The molecule has 38 heavy (non-hydrogen) atoms. The van der Waals surface area contributed by atoms with E-state index >= 15 is 0 Å². The van der Waals surface area contributed by atoms with E-state index in [2.05, 4.69) is 60.7 Å². The summed E-state index contributed by atoms with van der Waals surface area (Å²) in [6.07, 6.45) is 9.61. The van der Waals surface area contributed by atoms with Gasteiger partial charge in [-0.1, -0.05) is 32.9 Å². The molecule has 0 saturated heterocycles. The van der Waals surface area contributed by atoms with Crippen LogP contribution in [0.2, 0.25) is 0 Å². The van der Waals surface area contributed by atoms with Crippen LogP contribution in [0.3, 0.4) is 0 Å². The number of anilines is 1. The summed E-state index contributed by atoms with van der Waals surface area (Å²) in [5.41, 5.74) is 6.11. The molecule has 1 amide bonds. The van der Waals surface area contributed by atoms with Crippen LogP contribution in [0.15, 0.2) is 36.7 Å². The number of amides is 1. The number of pyridine rings is 1. The van der Waals surface area contributed by atoms with Gasteiger partial charge in [-0.25, -0.2) is 4.98 Å². The second kappa shape index (κ2) is 9.01. The number of nitrogens with zero attached hydrogens (tertiary/aromatic N) is 4. The Bertz CT molecular complexity index is 1380. The van der Waals surface area contributed by atoms with Crippen molar-refractivity contribution in [1.29, 1.82) is 0 Å². The van der Waals surface area contributed by atoms with Gasteiger partial charge >= 0.3 is 0 Å². The van der Waals surface area contributed by atoms with Crippen LogP contribution in [-0.4, -0.2) is 31.2 Å². The molecule has 2 fully saturated rings. The summed E-state index contributed by atoms with van der Waals surface area (Å²) in [5.74, 6) is 1.45. The number of aryl methyl sites for hydroxylation is 1. The predicted molar refractivity (Wildman–Crippen MR) is 149 cm³/mol. The van der Waals surface area contributed by atoms with Crippen molar-refractivity contribution in [3.8, 4) is 0 Å². The first-order chi connectivity index (χ1) is 18.1. The lowest BCUT2D eigenvalue weighted by Gasteiger charge is -2.46. The third kappa shape index (κ3) is 4.25. The minimum Gasteiger partial charge on any atom is -0.321 e. The van der Waals surface area contributed by atoms with Crippen molar-refractivity contribution in [3.63, 3.8) is 0 Å². The lowest BCUT2D eigenvalue weighted by atomic mass is 9.58. The van der Waals surface area contributed by atoms with Crippen molar-refractivity contribution in [3.05, 3.63) is 70.6 Å². The zero-order chi connectivity index (χ0) is 26.7. The number of carbonyl (C=O) groups is 1. The average molecular weight is 513 g/mol. The van der Waals surface area contributed by atoms with Crippen molar-refractivity contribution >= 4 is 11.6 Å². The Morgan fingerprint density at radius 3 is 2.58 bits per heavy atom. The zero-order valence-electron chi connectivity index (χ0n) is 23.4. The highest BCUT2D eigenvalue weighted by Crippen LogP contribution is 2.51. The number of fused-ring (bicyclic) bond motifs is 1. The van der Waals surface area contributed by atoms with Gasteiger partial charge in [0.25, 0.3) is 5.91 Å². The normalized spacial score (nSPS) is 24.8. The third-order valence-corrected chi connectivity index (χ3v) is 9.46. The smallest absolute Gasteiger partial charge is 0.274 e. The van der Waals surface area contributed by atoms with Gasteiger partial charge in [-0.05, 0) is 92.7 Å². The van der Waals surface area contributed by atoms with Gasteiger partial charge in [0.2, 0.25) is 0 Å². The molecule has 200 valence electrons. The molecule has 7 nitrogen and oxygen atoms in total. The number of hydrogen-bond acceptors (Lipinski definition) is 5. The number of nitrogens with one attached hydrogen (secondary N) is 2. The van der Waals surface area contributed by atoms with Crippen molar-refractivity contribution < 1.29 is 4.79 Å². The monoisotopic (exact) mass is 512 g/mol. The predicted octanol–water partition coefficient (Wildman–Crippen LogP) is 5.43. The Hall–Kier alpha value is -3.06. The second-order valence-electron chi connectivity index (χ2n) is 13.0. The van der Waals surface area contributed by atoms with E-state index in [1.54, 1.807) is 6.33 Å². The highest BCUT2D eigenvalue weighted by Gasteiger charge is 2.48. The van der Waals surface area contributed by atoms with Crippen molar-refractivity contribution in [1.82, 2.24) is 25.1 Å². The summed E-state index contributed by atoms with van der Waals surface area (Å²) in [5, 5.41) is 15.6. The maximum absolute atomic E-state index is 13.6. The standard InChI is InChI=1S/C31H40N6O/c1-20-16-31(17-20,28-36-33-19-37(28)5)22-8-6-9-23(15-22)34-27(38)25-14-21(18-32-30(4)11-7-12-30)24-10-13-29(2,3)26(24)35-25/h6,8-9,14-15,19-20,32H,7,10-13,16-18H2,1-5H3,(H,34,38). The molecule has 0 unspecified atom stereocenters. The summed E-state index contributed by atoms with van der Waals surface area (Å²) in [6.45, 7) is 9.85. The lowest BCUT2D eigenvalue weighted by Crippen LogP contribution is -2.47. The van der Waals surface area contributed by atoms with E-state index in [4.69, 9.17) is 4.98 Å². The van der Waals surface area contributed by atoms with Crippen LogP contribution < -0.4 is 10.6 Å². The van der Waals surface area contributed by atoms with Crippen LogP contribution in [0.1, 0.15) is 105 Å². The maximum Gasteiger partial charge on any atom is 0.274 e. The molecule has 2 saturated carbocycles. The average Bonchev–Trinajstić information content (AvgIpc) is 3.41. The Labute approximate surface area is 225 Å². The van der Waals surface area contributed by atoms with Gasteiger partial charge in [0, 0.05) is 30.2 Å². The van der Waals surface area contributed by atoms with E-state index in [1.165, 1.54) is 36.0 Å². The summed E-state index contributed by atoms with van der Waals surface area (Å²) in [4.78, 5) is 18.5. The van der Waals surface area contributed by atoms with Gasteiger partial charge in [0.1, 0.15) is 17.8 Å². The fraction of sp³-hybridized carbons (Fsp3) is 0.548. The number of hydrogen-bond donors (Lipinski definition) is 2. The molecule has 0 radical (unpaired) electrons. The SMILES string of the molecule is CC1CC(c2cccc(NC(=O)c3cc(CNC4(C)CCC4)c4c(n3)C(C)(C)CC4)c2)(c2nncn2C)C1. The molecule has 6 rings (SSSR count). The summed E-state index contributed by atoms with van der Waals surface area (Å²) >= 11 is 0. The van der Waals surface area contributed by atoms with Crippen LogP contribution in [0, 0.1) is 5.92 Å². The van der Waals surface area contributed by atoms with Gasteiger partial charge in [-0.15, -0.1) is 10.2 Å². The molecule has 0 bridgehead atoms. The molecule has 2 N–H and O–H groups in total. The molecule has 2 aromatic heterocycles. The van der Waals surface area contributed by atoms with Crippen LogP contribution in [0.4, 0.5) is 5.69 Å². The molecule has 0 spiro atoms. The van der Waals surface area contributed by atoms with Gasteiger partial charge in [0.15, 0.2) is 0 Å². The Balaban J connectivity index is 1.28. The van der Waals surface area contributed by atoms with Gasteiger partial charge in [-0.2, -0.15) is 0 Å². The number of benzene rings is 1. The minimum absolute atomic E-state index is 0.0237. The van der Waals surface area contributed by atoms with E-state index in [9.17, 15) is 4.79 Å². The zero-order valence-corrected chi connectivity index (χ0v) is 23.4. The number of rotatable bonds is 7. The first-order valence-electron chi connectivity index (χ1n) is 14.1. The molecule has 1 aromatic carbocycles. The van der Waals surface area contributed by atoms with E-state index < -0.39 is 0 Å². The Morgan fingerprint density at radius 1 is 1.13 bits per heavy atom. The molecule has 0 atom stereocenters. The summed E-state index contributed by atoms with van der Waals surface area (Å²) in [7, 11) is 2.00. The molecule has 7 heteroatoms. The topological polar surface area (TPSA) is 84.7 Å². The first kappa shape index (κ1) is 25.2. The molecule has 3 aliphatic rings. The molecular formula is C31H40N6O. The van der Waals surface area contributed by atoms with Crippen LogP contribution in [0.25, 0.3) is 0 Å². The number of carbonyl (C=O) groups excluding carboxylic acids is 1. The van der Waals surface area contributed by atoms with Crippen molar-refractivity contribution in [2.75, 3.05) is 5.32 Å². The van der Waals surface area contributed by atoms with Gasteiger partial charge < -0.3 is 15.2 Å². The van der Waals surface area contributed by atoms with Crippen LogP contribution in [0.5, 0.6) is 0 Å². The largest absolute Gasteiger partial charge is 0.321 e. The van der Waals surface area contributed by atoms with Crippen LogP contribution >= 0.6 is 0 Å². The summed E-state index contributed by atoms with van der Waals surface area (Å²) < 4.78 is 2.02. The van der Waals surface area contributed by atoms with E-state index in [-0.39, 0.29) is 22.3 Å². The van der Waals surface area contributed by atoms with Crippen molar-refractivity contribution in [2.45, 2.75) is 95.6 Å². The van der Waals surface area contributed by atoms with E-state index in [0.29, 0.717) is 11.6 Å². The molecule has 2 heterocycles. The molecule has 3 aromatic rings. The van der Waals surface area contributed by atoms with Gasteiger partial charge in [-0.3, -0.25) is 4.79 Å². The first-order valence-corrected chi connectivity index (χ1v) is 14.1. The highest BCUT2D eigenvalue weighted by atomic mass is 16.1. The van der Waals surface area contributed by atoms with Crippen LogP contribution in [-0.2, 0) is 30.8 Å². The van der Waals surface area contributed by atoms with Crippen molar-refractivity contribution in [2.24, 2.45) is 13.0 Å². The Morgan fingerprint density at radius 2 is 1.92 bits per heavy atom. The van der Waals surface area contributed by atoms with E-state index in [0.717, 1.165) is 49.4 Å². The van der Waals surface area contributed by atoms with Gasteiger partial charge in [0.05, 0.1) is 11.1 Å². The fourth-order valence-corrected chi connectivity index (χ4v) is 6.97. The van der Waals surface area contributed by atoms with E-state index in [1.807, 2.05) is 29.8 Å².